The summed E-state index contributed by atoms with van der Waals surface area (Å²) in [5.74, 6) is 0. The van der Waals surface area contributed by atoms with E-state index in [-0.39, 0.29) is 20.3 Å². The van der Waals surface area contributed by atoms with Gasteiger partial charge in [-0.1, -0.05) is 78.6 Å². The predicted molar refractivity (Wildman–Crippen MR) is 109 cm³/mol. The Morgan fingerprint density at radius 1 is 0.391 bits per heavy atom. The first kappa shape index (κ1) is 26.0. The summed E-state index contributed by atoms with van der Waals surface area (Å²) in [6.07, 6.45) is 27.0. The maximum atomic E-state index is 2.32. The van der Waals surface area contributed by atoms with E-state index >= 15 is 0 Å². The number of unbranched alkanes of at least 4 members (excludes halogenated alkanes) is 12. The van der Waals surface area contributed by atoms with Crippen LogP contribution in [0.1, 0.15) is 117 Å². The van der Waals surface area contributed by atoms with Gasteiger partial charge in [0, 0.05) is 7.92 Å². The molecule has 0 radical (unpaired) electrons. The second-order valence-corrected chi connectivity index (χ2v) is 10.2. The van der Waals surface area contributed by atoms with Crippen molar-refractivity contribution in [1.29, 1.82) is 0 Å². The minimum atomic E-state index is -0.00585. The minimum absolute atomic E-state index is 0. The van der Waals surface area contributed by atoms with Crippen molar-refractivity contribution in [2.75, 3.05) is 18.5 Å². The fourth-order valence-electron chi connectivity index (χ4n) is 3.31. The first-order valence-electron chi connectivity index (χ1n) is 10.7. The molecule has 0 atom stereocenters. The van der Waals surface area contributed by atoms with Gasteiger partial charge in [-0.25, -0.2) is 0 Å². The molecule has 0 aromatic carbocycles. The molecule has 0 bridgehead atoms. The van der Waals surface area contributed by atoms with E-state index in [2.05, 4.69) is 20.8 Å². The Balaban J connectivity index is 0. The van der Waals surface area contributed by atoms with Crippen LogP contribution in [0.25, 0.3) is 0 Å². The second kappa shape index (κ2) is 22.7. The first-order chi connectivity index (χ1) is 10.8. The molecule has 0 rings (SSSR count). The molecular formula is C21H46ClP. The van der Waals surface area contributed by atoms with E-state index in [0.717, 1.165) is 0 Å². The highest BCUT2D eigenvalue weighted by Crippen LogP contribution is 2.39. The predicted octanol–water partition coefficient (Wildman–Crippen LogP) is 5.12. The third-order valence-corrected chi connectivity index (χ3v) is 8.08. The van der Waals surface area contributed by atoms with Gasteiger partial charge in [-0.05, 0) is 38.5 Å². The van der Waals surface area contributed by atoms with E-state index in [1.54, 1.807) is 18.5 Å². The van der Waals surface area contributed by atoms with Gasteiger partial charge in [0.25, 0.3) is 0 Å². The van der Waals surface area contributed by atoms with Crippen molar-refractivity contribution in [2.24, 2.45) is 0 Å². The molecule has 0 aliphatic rings. The van der Waals surface area contributed by atoms with Crippen LogP contribution in [0.5, 0.6) is 0 Å². The zero-order chi connectivity index (χ0) is 16.3. The van der Waals surface area contributed by atoms with Crippen molar-refractivity contribution in [3.05, 3.63) is 0 Å². The smallest absolute Gasteiger partial charge is 0.0571 e. The van der Waals surface area contributed by atoms with Crippen molar-refractivity contribution in [3.63, 3.8) is 0 Å². The first-order valence-corrected chi connectivity index (χ1v) is 12.8. The average Bonchev–Trinajstić information content (AvgIpc) is 2.53. The fraction of sp³-hybridized carbons (Fsp3) is 1.00. The maximum absolute atomic E-state index is 2.32. The molecule has 0 unspecified atom stereocenters. The molecule has 0 fully saturated rings. The van der Waals surface area contributed by atoms with E-state index in [1.807, 2.05) is 0 Å². The van der Waals surface area contributed by atoms with Gasteiger partial charge in [0.2, 0.25) is 0 Å². The van der Waals surface area contributed by atoms with Crippen LogP contribution >= 0.6 is 7.92 Å². The summed E-state index contributed by atoms with van der Waals surface area (Å²) >= 11 is 0. The lowest BCUT2D eigenvalue weighted by molar-refractivity contribution is -0.00000501. The third-order valence-electron chi connectivity index (χ3n) is 4.90. The zero-order valence-electron chi connectivity index (χ0n) is 16.6. The Morgan fingerprint density at radius 3 is 0.913 bits per heavy atom. The highest BCUT2D eigenvalue weighted by Gasteiger charge is 2.14. The molecule has 0 spiro atoms. The topological polar surface area (TPSA) is 0 Å². The molecule has 0 nitrogen and oxygen atoms in total. The quantitative estimate of drug-likeness (QED) is 0.234. The zero-order valence-corrected chi connectivity index (χ0v) is 18.4. The monoisotopic (exact) mass is 364 g/mol. The highest BCUT2D eigenvalue weighted by atomic mass is 35.5. The van der Waals surface area contributed by atoms with Gasteiger partial charge < -0.3 is 12.4 Å². The largest absolute Gasteiger partial charge is 1.00 e. The molecule has 0 N–H and O–H groups in total. The summed E-state index contributed by atoms with van der Waals surface area (Å²) in [5, 5.41) is 0. The number of hydrogen-bond acceptors (Lipinski definition) is 0. The Bertz CT molecular complexity index is 163. The van der Waals surface area contributed by atoms with Crippen LogP contribution in [0, 0.1) is 0 Å². The number of hydrogen-bond donors (Lipinski definition) is 0. The van der Waals surface area contributed by atoms with Crippen LogP contribution in [0.2, 0.25) is 0 Å². The molecule has 23 heavy (non-hydrogen) atoms. The van der Waals surface area contributed by atoms with Crippen molar-refractivity contribution in [2.45, 2.75) is 117 Å². The van der Waals surface area contributed by atoms with Crippen molar-refractivity contribution in [3.8, 4) is 0 Å². The molecule has 0 aliphatic heterocycles. The maximum Gasteiger partial charge on any atom is 0.0571 e. The number of halogens is 1. The summed E-state index contributed by atoms with van der Waals surface area (Å²) in [7, 11) is -0.00585. The summed E-state index contributed by atoms with van der Waals surface area (Å²) < 4.78 is 0. The van der Waals surface area contributed by atoms with Gasteiger partial charge in [-0.2, -0.15) is 0 Å². The van der Waals surface area contributed by atoms with Crippen LogP contribution < -0.4 is 12.4 Å². The van der Waals surface area contributed by atoms with Gasteiger partial charge in [0.05, 0.1) is 18.5 Å². The standard InChI is InChI=1S/C21H45P.ClH/c1-4-7-10-13-16-19-22(20-17-14-11-8-5-2)21-18-15-12-9-6-3;/h4-21H2,1-3H3;1H. The third kappa shape index (κ3) is 20.7. The molecule has 0 aromatic rings. The summed E-state index contributed by atoms with van der Waals surface area (Å²) in [6, 6.07) is 0. The normalized spacial score (nSPS) is 11.0. The van der Waals surface area contributed by atoms with Crippen molar-refractivity contribution >= 4 is 7.92 Å². The fourth-order valence-corrected chi connectivity index (χ4v) is 6.31. The van der Waals surface area contributed by atoms with E-state index in [0.29, 0.717) is 0 Å². The molecule has 0 aromatic heterocycles. The van der Waals surface area contributed by atoms with Gasteiger partial charge in [0.15, 0.2) is 0 Å². The van der Waals surface area contributed by atoms with E-state index in [9.17, 15) is 0 Å². The molecule has 0 aliphatic carbocycles. The lowest BCUT2D eigenvalue weighted by Gasteiger charge is -2.11. The Hall–Kier alpha value is 0.720. The highest BCUT2D eigenvalue weighted by molar-refractivity contribution is 7.57. The molecule has 142 valence electrons. The molecular weight excluding hydrogens is 319 g/mol. The Labute approximate surface area is 156 Å². The lowest BCUT2D eigenvalue weighted by atomic mass is 10.2. The molecule has 0 saturated heterocycles. The van der Waals surface area contributed by atoms with E-state index < -0.39 is 0 Å². The van der Waals surface area contributed by atoms with Gasteiger partial charge in [0.1, 0.15) is 0 Å². The van der Waals surface area contributed by atoms with Crippen LogP contribution in [0.4, 0.5) is 0 Å². The summed E-state index contributed by atoms with van der Waals surface area (Å²) in [4.78, 5) is 0. The second-order valence-electron chi connectivity index (χ2n) is 7.24. The van der Waals surface area contributed by atoms with Crippen molar-refractivity contribution in [1.82, 2.24) is 0 Å². The van der Waals surface area contributed by atoms with Gasteiger partial charge >= 0.3 is 0 Å². The van der Waals surface area contributed by atoms with Crippen LogP contribution in [-0.2, 0) is 0 Å². The van der Waals surface area contributed by atoms with E-state index in [1.165, 1.54) is 96.3 Å². The molecule has 0 saturated carbocycles. The molecule has 2 heteroatoms. The number of rotatable bonds is 18. The van der Waals surface area contributed by atoms with Crippen LogP contribution in [0.3, 0.4) is 0 Å². The Kier molecular flexibility index (Phi) is 25.6. The Morgan fingerprint density at radius 2 is 0.652 bits per heavy atom. The summed E-state index contributed by atoms with van der Waals surface area (Å²) in [5.41, 5.74) is 0. The minimum Gasteiger partial charge on any atom is -1.00 e. The van der Waals surface area contributed by atoms with Gasteiger partial charge in [-0.15, -0.1) is 0 Å². The molecule has 0 heterocycles. The van der Waals surface area contributed by atoms with Gasteiger partial charge in [-0.3, -0.25) is 0 Å². The molecule has 0 amide bonds. The summed E-state index contributed by atoms with van der Waals surface area (Å²) in [6.45, 7) is 6.96. The van der Waals surface area contributed by atoms with E-state index in [4.69, 9.17) is 0 Å². The van der Waals surface area contributed by atoms with Crippen LogP contribution in [-0.4, -0.2) is 18.5 Å². The van der Waals surface area contributed by atoms with Crippen LogP contribution in [0.15, 0.2) is 0 Å². The SMILES string of the molecule is CCCCCCC[PH+](CCCCCCC)CCCCCCC.[Cl-]. The average molecular weight is 365 g/mol. The van der Waals surface area contributed by atoms with Crippen molar-refractivity contribution < 1.29 is 12.4 Å². The lowest BCUT2D eigenvalue weighted by Crippen LogP contribution is -3.00.